The number of aryl methyl sites for hydroxylation is 1. The monoisotopic (exact) mass is 305 g/mol. The van der Waals surface area contributed by atoms with Crippen LogP contribution in [0.15, 0.2) is 6.07 Å². The van der Waals surface area contributed by atoms with Gasteiger partial charge in [-0.25, -0.2) is 9.97 Å². The number of hydrogen-bond donors (Lipinski definition) is 1. The molecule has 0 aliphatic carbocycles. The van der Waals surface area contributed by atoms with E-state index < -0.39 is 0 Å². The van der Waals surface area contributed by atoms with Crippen LogP contribution in [0.2, 0.25) is 0 Å². The van der Waals surface area contributed by atoms with Crippen LogP contribution in [0, 0.1) is 6.92 Å². The number of anilines is 1. The smallest absolute Gasteiger partial charge is 0.224 e. The third-order valence-corrected chi connectivity index (χ3v) is 3.83. The summed E-state index contributed by atoms with van der Waals surface area (Å²) in [6.45, 7) is 11.1. The van der Waals surface area contributed by atoms with Gasteiger partial charge in [-0.3, -0.25) is 4.79 Å². The third kappa shape index (κ3) is 4.16. The average Bonchev–Trinajstić information content (AvgIpc) is 2.46. The third-order valence-electron chi connectivity index (χ3n) is 3.83. The zero-order valence-corrected chi connectivity index (χ0v) is 14.0. The van der Waals surface area contributed by atoms with Crippen molar-refractivity contribution in [1.82, 2.24) is 14.9 Å². The molecule has 0 saturated carbocycles. The first-order valence-corrected chi connectivity index (χ1v) is 8.00. The van der Waals surface area contributed by atoms with Crippen molar-refractivity contribution in [2.75, 3.05) is 31.1 Å². The van der Waals surface area contributed by atoms with Gasteiger partial charge in [0, 0.05) is 56.3 Å². The van der Waals surface area contributed by atoms with E-state index >= 15 is 0 Å². The molecule has 0 spiro atoms. The normalized spacial score (nSPS) is 17.0. The van der Waals surface area contributed by atoms with E-state index in [1.807, 2.05) is 24.8 Å². The average molecular weight is 305 g/mol. The van der Waals surface area contributed by atoms with Crippen LogP contribution in [0.25, 0.3) is 0 Å². The Labute approximate surface area is 132 Å². The maximum atomic E-state index is 12.1. The Hall–Kier alpha value is -1.69. The maximum absolute atomic E-state index is 12.1. The van der Waals surface area contributed by atoms with Crippen molar-refractivity contribution in [2.24, 2.45) is 5.73 Å². The van der Waals surface area contributed by atoms with Crippen molar-refractivity contribution in [3.63, 3.8) is 0 Å². The lowest BCUT2D eigenvalue weighted by atomic mass is 10.2. The van der Waals surface area contributed by atoms with Gasteiger partial charge in [-0.15, -0.1) is 0 Å². The van der Waals surface area contributed by atoms with E-state index in [0.29, 0.717) is 12.3 Å². The Morgan fingerprint density at radius 1 is 1.23 bits per heavy atom. The predicted octanol–water partition coefficient (Wildman–Crippen LogP) is 1.29. The fourth-order valence-corrected chi connectivity index (χ4v) is 2.58. The summed E-state index contributed by atoms with van der Waals surface area (Å²) in [5.74, 6) is 2.31. The summed E-state index contributed by atoms with van der Waals surface area (Å²) < 4.78 is 0. The summed E-state index contributed by atoms with van der Waals surface area (Å²) in [4.78, 5) is 25.3. The summed E-state index contributed by atoms with van der Waals surface area (Å²) in [6.07, 6.45) is 0.421. The summed E-state index contributed by atoms with van der Waals surface area (Å²) in [7, 11) is 0. The van der Waals surface area contributed by atoms with E-state index in [4.69, 9.17) is 5.73 Å². The summed E-state index contributed by atoms with van der Waals surface area (Å²) in [5.41, 5.74) is 6.70. The number of nitrogens with two attached hydrogens (primary N) is 1. The van der Waals surface area contributed by atoms with Gasteiger partial charge in [0.15, 0.2) is 0 Å². The van der Waals surface area contributed by atoms with Gasteiger partial charge >= 0.3 is 0 Å². The van der Waals surface area contributed by atoms with Crippen molar-refractivity contribution in [3.05, 3.63) is 17.6 Å². The highest BCUT2D eigenvalue weighted by molar-refractivity contribution is 5.77. The second-order valence-electron chi connectivity index (χ2n) is 6.43. The molecule has 1 aromatic rings. The van der Waals surface area contributed by atoms with E-state index in [1.54, 1.807) is 0 Å². The second-order valence-corrected chi connectivity index (χ2v) is 6.43. The fourth-order valence-electron chi connectivity index (χ4n) is 2.58. The number of nitrogens with zero attached hydrogens (tertiary/aromatic N) is 4. The molecule has 1 aliphatic rings. The first-order chi connectivity index (χ1) is 10.4. The Bertz CT molecular complexity index is 521. The van der Waals surface area contributed by atoms with Crippen molar-refractivity contribution in [2.45, 2.75) is 46.1 Å². The number of carbonyl (C=O) groups is 1. The number of carbonyl (C=O) groups excluding carboxylic acids is 1. The van der Waals surface area contributed by atoms with Crippen molar-refractivity contribution in [1.29, 1.82) is 0 Å². The van der Waals surface area contributed by atoms with Crippen LogP contribution in [0.3, 0.4) is 0 Å². The van der Waals surface area contributed by atoms with Crippen LogP contribution in [0.5, 0.6) is 0 Å². The zero-order chi connectivity index (χ0) is 16.3. The van der Waals surface area contributed by atoms with Crippen LogP contribution in [0.4, 0.5) is 5.82 Å². The minimum Gasteiger partial charge on any atom is -0.353 e. The summed E-state index contributed by atoms with van der Waals surface area (Å²) >= 11 is 0. The van der Waals surface area contributed by atoms with E-state index in [-0.39, 0.29) is 11.9 Å². The predicted molar refractivity (Wildman–Crippen MR) is 87.9 cm³/mol. The lowest BCUT2D eigenvalue weighted by Gasteiger charge is -2.36. The standard InChI is InChI=1S/C16H27N5O/c1-11(2)16-18-13(4)10-14(19-16)20-5-7-21(8-6-20)15(22)9-12(3)17/h10-12H,5-9,17H2,1-4H3. The quantitative estimate of drug-likeness (QED) is 0.907. The molecule has 0 bridgehead atoms. The SMILES string of the molecule is Cc1cc(N2CCN(C(=O)CC(C)N)CC2)nc(C(C)C)n1. The highest BCUT2D eigenvalue weighted by Crippen LogP contribution is 2.18. The van der Waals surface area contributed by atoms with Gasteiger partial charge in [-0.2, -0.15) is 0 Å². The fraction of sp³-hybridized carbons (Fsp3) is 0.688. The Morgan fingerprint density at radius 3 is 2.41 bits per heavy atom. The summed E-state index contributed by atoms with van der Waals surface area (Å²) in [5, 5.41) is 0. The zero-order valence-electron chi connectivity index (χ0n) is 14.0. The molecule has 22 heavy (non-hydrogen) atoms. The molecule has 1 unspecified atom stereocenters. The molecule has 1 aliphatic heterocycles. The molecular weight excluding hydrogens is 278 g/mol. The van der Waals surface area contributed by atoms with Gasteiger partial charge in [0.1, 0.15) is 11.6 Å². The number of amides is 1. The van der Waals surface area contributed by atoms with Gasteiger partial charge in [0.05, 0.1) is 0 Å². The largest absolute Gasteiger partial charge is 0.353 e. The van der Waals surface area contributed by atoms with Gasteiger partial charge < -0.3 is 15.5 Å². The molecule has 0 radical (unpaired) electrons. The highest BCUT2D eigenvalue weighted by atomic mass is 16.2. The van der Waals surface area contributed by atoms with E-state index in [9.17, 15) is 4.79 Å². The Morgan fingerprint density at radius 2 is 1.86 bits per heavy atom. The lowest BCUT2D eigenvalue weighted by Crippen LogP contribution is -2.49. The second kappa shape index (κ2) is 7.05. The number of aromatic nitrogens is 2. The molecule has 1 amide bonds. The molecule has 0 aromatic carbocycles. The van der Waals surface area contributed by atoms with Crippen LogP contribution >= 0.6 is 0 Å². The lowest BCUT2D eigenvalue weighted by molar-refractivity contribution is -0.131. The Balaban J connectivity index is 2.01. The molecule has 1 aromatic heterocycles. The topological polar surface area (TPSA) is 75.3 Å². The van der Waals surface area contributed by atoms with Gasteiger partial charge in [0.2, 0.25) is 5.91 Å². The minimum absolute atomic E-state index is 0.0800. The number of piperazine rings is 1. The van der Waals surface area contributed by atoms with Gasteiger partial charge in [0.25, 0.3) is 0 Å². The Kier molecular flexibility index (Phi) is 5.34. The van der Waals surface area contributed by atoms with Gasteiger partial charge in [-0.1, -0.05) is 13.8 Å². The van der Waals surface area contributed by atoms with Crippen molar-refractivity contribution >= 4 is 11.7 Å². The molecule has 2 rings (SSSR count). The van der Waals surface area contributed by atoms with E-state index in [1.165, 1.54) is 0 Å². The van der Waals surface area contributed by atoms with Crippen molar-refractivity contribution in [3.8, 4) is 0 Å². The molecular formula is C16H27N5O. The summed E-state index contributed by atoms with van der Waals surface area (Å²) in [6, 6.07) is 1.94. The maximum Gasteiger partial charge on any atom is 0.224 e. The molecule has 1 saturated heterocycles. The van der Waals surface area contributed by atoms with Crippen LogP contribution in [0.1, 0.15) is 44.6 Å². The molecule has 2 heterocycles. The minimum atomic E-state index is -0.0800. The molecule has 6 heteroatoms. The number of rotatable bonds is 4. The van der Waals surface area contributed by atoms with Crippen molar-refractivity contribution < 1.29 is 4.79 Å². The first kappa shape index (κ1) is 16.7. The van der Waals surface area contributed by atoms with E-state index in [2.05, 4.69) is 28.7 Å². The van der Waals surface area contributed by atoms with E-state index in [0.717, 1.165) is 43.5 Å². The van der Waals surface area contributed by atoms with Gasteiger partial charge in [-0.05, 0) is 13.8 Å². The first-order valence-electron chi connectivity index (χ1n) is 8.00. The van der Waals surface area contributed by atoms with Crippen LogP contribution in [-0.4, -0.2) is 53.0 Å². The molecule has 122 valence electrons. The van der Waals surface area contributed by atoms with Crippen LogP contribution in [-0.2, 0) is 4.79 Å². The highest BCUT2D eigenvalue weighted by Gasteiger charge is 2.23. The molecule has 1 atom stereocenters. The molecule has 6 nitrogen and oxygen atoms in total. The molecule has 2 N–H and O–H groups in total. The molecule has 1 fully saturated rings. The van der Waals surface area contributed by atoms with Crippen LogP contribution < -0.4 is 10.6 Å². The number of hydrogen-bond acceptors (Lipinski definition) is 5.